The van der Waals surface area contributed by atoms with Crippen LogP contribution in [0, 0.1) is 6.92 Å². The van der Waals surface area contributed by atoms with Crippen molar-refractivity contribution in [3.05, 3.63) is 71.4 Å². The number of aryl methyl sites for hydroxylation is 1. The van der Waals surface area contributed by atoms with E-state index in [0.717, 1.165) is 57.8 Å². The number of aromatic nitrogens is 1. The van der Waals surface area contributed by atoms with Gasteiger partial charge in [-0.3, -0.25) is 9.59 Å². The topological polar surface area (TPSA) is 129 Å². The average Bonchev–Trinajstić information content (AvgIpc) is 3.53. The smallest absolute Gasteiger partial charge is 0.323 e. The molecule has 0 bridgehead atoms. The minimum atomic E-state index is -4.98. The number of benzene rings is 2. The molecule has 0 fully saturated rings. The molecule has 9 nitrogen and oxygen atoms in total. The molecule has 0 saturated heterocycles. The van der Waals surface area contributed by atoms with Crippen LogP contribution in [-0.2, 0) is 34.6 Å². The van der Waals surface area contributed by atoms with Gasteiger partial charge in [-0.15, -0.1) is 0 Å². The molecule has 0 amide bonds. The molecule has 4 rings (SSSR count). The van der Waals surface area contributed by atoms with Gasteiger partial charge in [-0.1, -0.05) is 114 Å². The maximum absolute atomic E-state index is 11.9. The number of ether oxygens (including phenoxy) is 2. The third kappa shape index (κ3) is 12.4. The van der Waals surface area contributed by atoms with E-state index < -0.39 is 33.7 Å². The molecule has 286 valence electrons. The Morgan fingerprint density at radius 1 is 0.827 bits per heavy atom. The summed E-state index contributed by atoms with van der Waals surface area (Å²) in [5.74, 6) is -2.03. The van der Waals surface area contributed by atoms with Gasteiger partial charge in [0.05, 0.1) is 25.0 Å². The molecule has 0 spiro atoms. The highest BCUT2D eigenvalue weighted by molar-refractivity contribution is 7.87. The van der Waals surface area contributed by atoms with Crippen molar-refractivity contribution >= 4 is 50.4 Å². The Morgan fingerprint density at radius 3 is 2.00 bits per heavy atom. The van der Waals surface area contributed by atoms with Gasteiger partial charge in [-0.25, -0.2) is 8.42 Å². The molecule has 2 heterocycles. The second-order valence-corrected chi connectivity index (χ2v) is 15.8. The number of hydrogen-bond acceptors (Lipinski definition) is 7. The molecule has 2 aromatic carbocycles. The third-order valence-electron chi connectivity index (χ3n) is 9.76. The Bertz CT molecular complexity index is 1770. The van der Waals surface area contributed by atoms with Crippen LogP contribution in [0.3, 0.4) is 0 Å². The van der Waals surface area contributed by atoms with Crippen molar-refractivity contribution in [1.82, 2.24) is 4.98 Å². The Kier molecular flexibility index (Phi) is 17.3. The first kappa shape index (κ1) is 42.7. The molecule has 0 radical (unpaired) electrons. The largest absolute Gasteiger partial charge is 0.747 e. The number of rotatable bonds is 20. The van der Waals surface area contributed by atoms with Crippen molar-refractivity contribution in [3.63, 3.8) is 0 Å². The van der Waals surface area contributed by atoms with Gasteiger partial charge in [0.15, 0.2) is 11.0 Å². The summed E-state index contributed by atoms with van der Waals surface area (Å²) < 4.78 is 46.1. The number of allylic oxidation sites excluding steroid dienone is 1. The van der Waals surface area contributed by atoms with Crippen molar-refractivity contribution in [2.24, 2.45) is 0 Å². The quantitative estimate of drug-likeness (QED) is 0.0530. The average molecular weight is 737 g/mol. The molecule has 0 aliphatic carbocycles. The van der Waals surface area contributed by atoms with Gasteiger partial charge in [-0.2, -0.15) is 4.58 Å². The van der Waals surface area contributed by atoms with E-state index in [-0.39, 0.29) is 18.6 Å². The number of carbonyl (C=O) groups is 2. The van der Waals surface area contributed by atoms with Gasteiger partial charge in [-0.05, 0) is 45.8 Å². The molecular formula is C42H60N2O7S. The lowest BCUT2D eigenvalue weighted by Gasteiger charge is -2.18. The van der Waals surface area contributed by atoms with Crippen LogP contribution >= 0.6 is 0 Å². The zero-order valence-corrected chi connectivity index (χ0v) is 33.0. The normalized spacial score (nSPS) is 14.3. The number of esters is 2. The molecule has 1 aromatic heterocycles. The first-order chi connectivity index (χ1) is 24.8. The Labute approximate surface area is 311 Å². The highest BCUT2D eigenvalue weighted by atomic mass is 32.2. The summed E-state index contributed by atoms with van der Waals surface area (Å²) in [6.07, 6.45) is 15.7. The number of hydrogen-bond donors (Lipinski definition) is 1. The van der Waals surface area contributed by atoms with E-state index in [9.17, 15) is 22.6 Å². The number of fused-ring (bicyclic) bond motifs is 2. The number of nitrogens with zero attached hydrogens (tertiary/aromatic N) is 1. The van der Waals surface area contributed by atoms with Crippen LogP contribution in [0.15, 0.2) is 54.6 Å². The minimum absolute atomic E-state index is 0.0157. The van der Waals surface area contributed by atoms with Crippen LogP contribution in [0.4, 0.5) is 5.69 Å². The zero-order chi connectivity index (χ0) is 38.1. The van der Waals surface area contributed by atoms with Gasteiger partial charge in [0.2, 0.25) is 5.69 Å². The molecule has 1 N–H and O–H groups in total. The molecule has 3 aromatic rings. The maximum atomic E-state index is 11.9. The first-order valence-corrected chi connectivity index (χ1v) is 20.5. The van der Waals surface area contributed by atoms with Gasteiger partial charge in [0.1, 0.15) is 17.2 Å². The van der Waals surface area contributed by atoms with Crippen LogP contribution in [0.5, 0.6) is 0 Å². The van der Waals surface area contributed by atoms with Crippen LogP contribution < -0.4 is 0 Å². The molecule has 52 heavy (non-hydrogen) atoms. The van der Waals surface area contributed by atoms with Crippen molar-refractivity contribution < 1.29 is 36.6 Å². The van der Waals surface area contributed by atoms with Crippen molar-refractivity contribution in [3.8, 4) is 0 Å². The highest BCUT2D eigenvalue weighted by Gasteiger charge is 2.42. The Hall–Kier alpha value is -3.76. The lowest BCUT2D eigenvalue weighted by Crippen LogP contribution is -2.34. The van der Waals surface area contributed by atoms with Gasteiger partial charge >= 0.3 is 11.9 Å². The minimum Gasteiger partial charge on any atom is -0.747 e. The third-order valence-corrected chi connectivity index (χ3v) is 10.8. The fourth-order valence-electron chi connectivity index (χ4n) is 6.71. The van der Waals surface area contributed by atoms with Crippen molar-refractivity contribution in [2.75, 3.05) is 20.3 Å². The van der Waals surface area contributed by atoms with E-state index in [4.69, 9.17) is 9.47 Å². The molecular weight excluding hydrogens is 677 g/mol. The van der Waals surface area contributed by atoms with E-state index >= 15 is 0 Å². The van der Waals surface area contributed by atoms with E-state index in [2.05, 4.69) is 112 Å². The number of carbonyl (C=O) groups excluding carboxylic acids is 2. The van der Waals surface area contributed by atoms with Crippen molar-refractivity contribution in [2.45, 2.75) is 129 Å². The lowest BCUT2D eigenvalue weighted by atomic mass is 9.81. The number of aromatic amines is 1. The van der Waals surface area contributed by atoms with Crippen LogP contribution in [0.2, 0.25) is 0 Å². The molecule has 1 atom stereocenters. The van der Waals surface area contributed by atoms with Crippen LogP contribution in [-0.4, -0.2) is 65.7 Å². The molecule has 1 aliphatic rings. The fraction of sp³-hybridized carbons (Fsp3) is 0.548. The SMILES string of the molecule is CCCCCCCCOC(=O)CC(C(=O)OCCCCCCCC)S(=O)(=O)[O-].Cc1[nH]c2ccccc2c1/C=C/C1=[N+](C)c2ccccc2C1(C)C. The number of para-hydroxylation sites is 2. The molecule has 10 heteroatoms. The van der Waals surface area contributed by atoms with Crippen LogP contribution in [0.1, 0.15) is 128 Å². The van der Waals surface area contributed by atoms with Gasteiger partial charge in [0.25, 0.3) is 0 Å². The summed E-state index contributed by atoms with van der Waals surface area (Å²) in [6.45, 7) is 11.2. The summed E-state index contributed by atoms with van der Waals surface area (Å²) in [4.78, 5) is 27.2. The standard InChI is InChI=1S/C22H22N2.C20H38O7S/c1-15-16(17-9-5-7-11-19(17)23-15)13-14-21-22(2,3)18-10-6-8-12-20(18)24(21)4;1-3-5-7-9-11-13-15-26-19(21)17-18(28(23,24)25)20(22)27-16-14-12-10-8-6-4-2/h5-14H,1-4H3;18H,3-17H2,1-2H3,(H,23,24,25). The number of unbranched alkanes of at least 4 members (excludes halogenated alkanes) is 10. The second kappa shape index (κ2) is 21.1. The Morgan fingerprint density at radius 2 is 1.38 bits per heavy atom. The molecule has 0 saturated carbocycles. The monoisotopic (exact) mass is 736 g/mol. The fourth-order valence-corrected chi connectivity index (χ4v) is 7.35. The van der Waals surface area contributed by atoms with E-state index in [1.807, 2.05) is 0 Å². The maximum Gasteiger partial charge on any atom is 0.323 e. The van der Waals surface area contributed by atoms with E-state index in [1.54, 1.807) is 0 Å². The number of H-pyrrole nitrogens is 1. The second-order valence-electron chi connectivity index (χ2n) is 14.2. The van der Waals surface area contributed by atoms with Crippen LogP contribution in [0.25, 0.3) is 17.0 Å². The summed E-state index contributed by atoms with van der Waals surface area (Å²) in [5.41, 5.74) is 7.72. The molecule has 1 aliphatic heterocycles. The van der Waals surface area contributed by atoms with Gasteiger partial charge in [0, 0.05) is 39.9 Å². The van der Waals surface area contributed by atoms with E-state index in [1.165, 1.54) is 45.5 Å². The summed E-state index contributed by atoms with van der Waals surface area (Å²) >= 11 is 0. The number of nitrogens with one attached hydrogen (secondary N) is 1. The van der Waals surface area contributed by atoms with E-state index in [0.29, 0.717) is 12.8 Å². The zero-order valence-electron chi connectivity index (χ0n) is 32.2. The Balaban J connectivity index is 0.000000282. The lowest BCUT2D eigenvalue weighted by molar-refractivity contribution is -0.401. The summed E-state index contributed by atoms with van der Waals surface area (Å²) in [6, 6.07) is 17.2. The summed E-state index contributed by atoms with van der Waals surface area (Å²) in [7, 11) is -2.82. The first-order valence-electron chi connectivity index (χ1n) is 19.1. The van der Waals surface area contributed by atoms with Gasteiger partial charge < -0.3 is 19.0 Å². The van der Waals surface area contributed by atoms with Crippen molar-refractivity contribution in [1.29, 1.82) is 0 Å². The predicted molar refractivity (Wildman–Crippen MR) is 209 cm³/mol. The highest BCUT2D eigenvalue weighted by Crippen LogP contribution is 2.39. The summed E-state index contributed by atoms with van der Waals surface area (Å²) in [5, 5.41) is -0.757. The molecule has 1 unspecified atom stereocenters. The predicted octanol–water partition coefficient (Wildman–Crippen LogP) is 9.29.